The first kappa shape index (κ1) is 9.40. The lowest BCUT2D eigenvalue weighted by Crippen LogP contribution is -3.00. The lowest BCUT2D eigenvalue weighted by atomic mass is 11.0. The van der Waals surface area contributed by atoms with Crippen LogP contribution >= 0.6 is 45.2 Å². The van der Waals surface area contributed by atoms with Crippen molar-refractivity contribution in [1.29, 1.82) is 0 Å². The Balaban J connectivity index is 0.000000490. The fourth-order valence-corrected chi connectivity index (χ4v) is 0.912. The molecule has 0 saturated carbocycles. The van der Waals surface area contributed by atoms with Gasteiger partial charge >= 0.3 is 0 Å². The molecule has 0 atom stereocenters. The summed E-state index contributed by atoms with van der Waals surface area (Å²) >= 11 is 4.45. The molecule has 0 radical (unpaired) electrons. The topological polar surface area (TPSA) is 29.9 Å². The van der Waals surface area contributed by atoms with Crippen LogP contribution in [0.25, 0.3) is 0 Å². The minimum absolute atomic E-state index is 0. The van der Waals surface area contributed by atoms with E-state index in [2.05, 4.69) is 55.1 Å². The van der Waals surface area contributed by atoms with Crippen LogP contribution in [0.3, 0.4) is 0 Å². The summed E-state index contributed by atoms with van der Waals surface area (Å²) in [5.74, 6) is 0. The van der Waals surface area contributed by atoms with Gasteiger partial charge < -0.3 is 24.0 Å². The van der Waals surface area contributed by atoms with Crippen LogP contribution in [0.5, 0.6) is 0 Å². The van der Waals surface area contributed by atoms with Crippen molar-refractivity contribution in [3.05, 3.63) is 13.7 Å². The maximum atomic E-state index is 2.99. The van der Waals surface area contributed by atoms with Crippen molar-refractivity contribution in [2.75, 3.05) is 0 Å². The number of imidazole rings is 1. The van der Waals surface area contributed by atoms with Gasteiger partial charge in [0, 0.05) is 45.2 Å². The maximum absolute atomic E-state index is 2.99. The normalized spacial score (nSPS) is 8.25. The van der Waals surface area contributed by atoms with Crippen molar-refractivity contribution in [3.63, 3.8) is 0 Å². The number of halogens is 3. The summed E-state index contributed by atoms with van der Waals surface area (Å²) < 4.78 is 2.33. The number of hydrogen-bond acceptors (Lipinski definition) is 0. The van der Waals surface area contributed by atoms with Crippen LogP contribution in [-0.4, -0.2) is 4.98 Å². The summed E-state index contributed by atoms with van der Waals surface area (Å²) in [4.78, 5) is 5.98. The first-order chi connectivity index (χ1) is 3.30. The Kier molecular flexibility index (Phi) is 5.00. The van der Waals surface area contributed by atoms with Gasteiger partial charge in [0.15, 0.2) is 0 Å². The molecule has 1 rings (SSSR count). The standard InChI is InChI=1S/C3H2I2N2.HI/c4-2-3(5)7-1-6-2;/h1H,(H,6,7);1H. The molecular formula is C3H3I3N2. The van der Waals surface area contributed by atoms with Crippen LogP contribution in [0.15, 0.2) is 6.33 Å². The molecule has 1 aromatic heterocycles. The number of hydrogen-bond donors (Lipinski definition) is 1. The van der Waals surface area contributed by atoms with Crippen molar-refractivity contribution in [1.82, 2.24) is 4.98 Å². The highest BCUT2D eigenvalue weighted by Crippen LogP contribution is 2.03. The van der Waals surface area contributed by atoms with E-state index in [-0.39, 0.29) is 24.0 Å². The molecule has 5 heteroatoms. The Morgan fingerprint density at radius 3 is 2.25 bits per heavy atom. The third-order valence-electron chi connectivity index (χ3n) is 0.590. The van der Waals surface area contributed by atoms with Gasteiger partial charge in [0.1, 0.15) is 0 Å². The molecule has 0 saturated heterocycles. The average molecular weight is 448 g/mol. The molecule has 0 unspecified atom stereocenters. The Bertz CT molecular complexity index is 145. The zero-order valence-electron chi connectivity index (χ0n) is 3.71. The smallest absolute Gasteiger partial charge is 0.240 e. The third-order valence-corrected chi connectivity index (χ3v) is 3.32. The van der Waals surface area contributed by atoms with E-state index in [1.807, 2.05) is 6.33 Å². The summed E-state index contributed by atoms with van der Waals surface area (Å²) in [5, 5.41) is 0. The van der Waals surface area contributed by atoms with Gasteiger partial charge in [0.25, 0.3) is 0 Å². The van der Waals surface area contributed by atoms with Crippen molar-refractivity contribution >= 4 is 45.2 Å². The predicted octanol–water partition coefficient (Wildman–Crippen LogP) is -1.96. The Morgan fingerprint density at radius 2 is 2.12 bits per heavy atom. The van der Waals surface area contributed by atoms with E-state index in [0.717, 1.165) is 0 Å². The molecular weight excluding hydrogens is 445 g/mol. The highest BCUT2D eigenvalue weighted by Gasteiger charge is 1.99. The Hall–Kier alpha value is 1.40. The van der Waals surface area contributed by atoms with Crippen LogP contribution in [0.2, 0.25) is 0 Å². The fraction of sp³-hybridized carbons (Fsp3) is 0. The van der Waals surface area contributed by atoms with Gasteiger partial charge in [-0.05, 0) is 0 Å². The molecule has 0 spiro atoms. The number of aromatic nitrogens is 2. The SMILES string of the molecule is Ic1[nH]c[nH+]c1I.[I-]. The second-order valence-electron chi connectivity index (χ2n) is 1.06. The van der Waals surface area contributed by atoms with Crippen molar-refractivity contribution < 1.29 is 29.0 Å². The Labute approximate surface area is 91.5 Å². The van der Waals surface area contributed by atoms with Gasteiger partial charge in [-0.25, -0.2) is 9.97 Å². The second kappa shape index (κ2) is 4.25. The van der Waals surface area contributed by atoms with Crippen molar-refractivity contribution in [2.45, 2.75) is 0 Å². The van der Waals surface area contributed by atoms with Gasteiger partial charge in [-0.1, -0.05) is 0 Å². The molecule has 2 nitrogen and oxygen atoms in total. The molecule has 46 valence electrons. The molecule has 1 heterocycles. The van der Waals surface area contributed by atoms with Gasteiger partial charge in [-0.15, -0.1) is 0 Å². The minimum Gasteiger partial charge on any atom is -1.00 e. The molecule has 0 aliphatic heterocycles. The van der Waals surface area contributed by atoms with E-state index in [9.17, 15) is 0 Å². The number of rotatable bonds is 0. The van der Waals surface area contributed by atoms with Crippen LogP contribution in [0.4, 0.5) is 0 Å². The maximum Gasteiger partial charge on any atom is 0.240 e. The number of nitrogens with one attached hydrogen (secondary N) is 2. The summed E-state index contributed by atoms with van der Waals surface area (Å²) in [6, 6.07) is 0. The lowest BCUT2D eigenvalue weighted by molar-refractivity contribution is -0.392. The van der Waals surface area contributed by atoms with Gasteiger partial charge in [-0.2, -0.15) is 0 Å². The van der Waals surface area contributed by atoms with Gasteiger partial charge in [-0.3, -0.25) is 0 Å². The van der Waals surface area contributed by atoms with E-state index in [1.165, 1.54) is 7.40 Å². The molecule has 0 bridgehead atoms. The molecule has 0 aliphatic rings. The summed E-state index contributed by atoms with van der Waals surface area (Å²) in [6.07, 6.45) is 1.81. The molecule has 2 N–H and O–H groups in total. The van der Waals surface area contributed by atoms with E-state index in [0.29, 0.717) is 0 Å². The minimum atomic E-state index is 0. The average Bonchev–Trinajstić information content (AvgIpc) is 1.91. The summed E-state index contributed by atoms with van der Waals surface area (Å²) in [5.41, 5.74) is 0. The monoisotopic (exact) mass is 448 g/mol. The van der Waals surface area contributed by atoms with Crippen LogP contribution in [0, 0.1) is 7.40 Å². The van der Waals surface area contributed by atoms with Gasteiger partial charge in [0.05, 0.1) is 0 Å². The van der Waals surface area contributed by atoms with E-state index in [1.54, 1.807) is 0 Å². The molecule has 0 fully saturated rings. The molecule has 0 aromatic carbocycles. The fourth-order valence-electron chi connectivity index (χ4n) is 0.290. The first-order valence-corrected chi connectivity index (χ1v) is 3.86. The van der Waals surface area contributed by atoms with Crippen LogP contribution < -0.4 is 29.0 Å². The Morgan fingerprint density at radius 1 is 1.50 bits per heavy atom. The van der Waals surface area contributed by atoms with Crippen molar-refractivity contribution in [3.8, 4) is 0 Å². The van der Waals surface area contributed by atoms with Crippen molar-refractivity contribution in [2.24, 2.45) is 0 Å². The zero-order chi connectivity index (χ0) is 5.28. The summed E-state index contributed by atoms with van der Waals surface area (Å²) in [7, 11) is 0. The number of H-pyrrole nitrogens is 2. The third kappa shape index (κ3) is 2.33. The highest BCUT2D eigenvalue weighted by atomic mass is 127. The van der Waals surface area contributed by atoms with E-state index in [4.69, 9.17) is 0 Å². The molecule has 0 amide bonds. The van der Waals surface area contributed by atoms with E-state index >= 15 is 0 Å². The highest BCUT2D eigenvalue weighted by molar-refractivity contribution is 14.1. The first-order valence-electron chi connectivity index (χ1n) is 1.71. The molecule has 8 heavy (non-hydrogen) atoms. The van der Waals surface area contributed by atoms with E-state index < -0.39 is 0 Å². The quantitative estimate of drug-likeness (QED) is 0.448. The summed E-state index contributed by atoms with van der Waals surface area (Å²) in [6.45, 7) is 0. The molecule has 1 aromatic rings. The zero-order valence-corrected chi connectivity index (χ0v) is 10.2. The van der Waals surface area contributed by atoms with Crippen LogP contribution in [-0.2, 0) is 0 Å². The van der Waals surface area contributed by atoms with Gasteiger partial charge in [0.2, 0.25) is 13.7 Å². The van der Waals surface area contributed by atoms with Crippen LogP contribution in [0.1, 0.15) is 0 Å². The predicted molar refractivity (Wildman–Crippen MR) is 42.8 cm³/mol. The lowest BCUT2D eigenvalue weighted by Gasteiger charge is -1.66. The second-order valence-corrected chi connectivity index (χ2v) is 3.22. The molecule has 0 aliphatic carbocycles. The number of aromatic amines is 2. The largest absolute Gasteiger partial charge is 1.00 e.